The van der Waals surface area contributed by atoms with Crippen LogP contribution in [0.25, 0.3) is 11.2 Å². The second-order valence-electron chi connectivity index (χ2n) is 4.31. The van der Waals surface area contributed by atoms with Crippen molar-refractivity contribution in [2.24, 2.45) is 0 Å². The van der Waals surface area contributed by atoms with Crippen molar-refractivity contribution >= 4 is 11.2 Å². The molecule has 2 aromatic rings. The van der Waals surface area contributed by atoms with Gasteiger partial charge in [0, 0.05) is 14.0 Å². The number of fused-ring (bicyclic) bond motifs is 1. The topological polar surface area (TPSA) is 73.1 Å². The standard InChI is InChI=1S/C13H20N4O2/c1-3-4-5-10(6-7-18)17-9-16-11-12(17)14-8-15-13(11)19-2/h8-10,18H,3-7H2,1-2H3/i5D. The average molecular weight is 265 g/mol. The van der Waals surface area contributed by atoms with E-state index in [4.69, 9.17) is 6.11 Å². The zero-order chi connectivity index (χ0) is 14.5. The Bertz CT molecular complexity index is 560. The molecule has 0 bridgehead atoms. The SMILES string of the molecule is [2H]C(CCC)C(CCO)n1cnc2c(OC)ncnc21. The first-order chi connectivity index (χ1) is 9.72. The summed E-state index contributed by atoms with van der Waals surface area (Å²) in [4.78, 5) is 12.5. The number of rotatable bonds is 7. The second-order valence-corrected chi connectivity index (χ2v) is 4.31. The van der Waals surface area contributed by atoms with Crippen LogP contribution in [0.3, 0.4) is 0 Å². The Morgan fingerprint density at radius 2 is 2.32 bits per heavy atom. The highest BCUT2D eigenvalue weighted by Crippen LogP contribution is 2.26. The molecular weight excluding hydrogens is 244 g/mol. The predicted octanol–water partition coefficient (Wildman–Crippen LogP) is 1.95. The number of hydrogen-bond donors (Lipinski definition) is 1. The normalized spacial score (nSPS) is 15.2. The van der Waals surface area contributed by atoms with E-state index >= 15 is 0 Å². The molecule has 0 fully saturated rings. The van der Waals surface area contributed by atoms with E-state index in [9.17, 15) is 5.11 Å². The molecule has 6 heteroatoms. The fourth-order valence-electron chi connectivity index (χ4n) is 2.08. The van der Waals surface area contributed by atoms with Crippen LogP contribution in [0.4, 0.5) is 0 Å². The Morgan fingerprint density at radius 3 is 3.00 bits per heavy atom. The number of aromatic nitrogens is 4. The molecule has 0 aliphatic carbocycles. The zero-order valence-electron chi connectivity index (χ0n) is 12.3. The molecule has 0 radical (unpaired) electrons. The van der Waals surface area contributed by atoms with Gasteiger partial charge in [-0.2, -0.15) is 4.98 Å². The number of aliphatic hydroxyl groups is 1. The number of hydrogen-bond acceptors (Lipinski definition) is 5. The molecule has 0 saturated carbocycles. The van der Waals surface area contributed by atoms with Gasteiger partial charge in [-0.25, -0.2) is 9.97 Å². The van der Waals surface area contributed by atoms with Crippen LogP contribution >= 0.6 is 0 Å². The molecule has 2 heterocycles. The number of imidazole rings is 1. The highest BCUT2D eigenvalue weighted by Gasteiger charge is 2.16. The third kappa shape index (κ3) is 2.84. The lowest BCUT2D eigenvalue weighted by Crippen LogP contribution is -2.10. The van der Waals surface area contributed by atoms with E-state index < -0.39 is 0 Å². The van der Waals surface area contributed by atoms with E-state index in [-0.39, 0.29) is 19.0 Å². The molecule has 0 spiro atoms. The van der Waals surface area contributed by atoms with Crippen molar-refractivity contribution in [1.29, 1.82) is 0 Å². The molecule has 0 saturated heterocycles. The Kier molecular flexibility index (Phi) is 4.20. The molecule has 0 aliphatic rings. The minimum absolute atomic E-state index is 0.0334. The average Bonchev–Trinajstić information content (AvgIpc) is 2.88. The lowest BCUT2D eigenvalue weighted by Gasteiger charge is -2.17. The first-order valence-corrected chi connectivity index (χ1v) is 6.47. The van der Waals surface area contributed by atoms with Crippen LogP contribution in [0.15, 0.2) is 12.7 Å². The van der Waals surface area contributed by atoms with Crippen LogP contribution in [0.2, 0.25) is 0 Å². The van der Waals surface area contributed by atoms with E-state index in [0.717, 1.165) is 12.8 Å². The van der Waals surface area contributed by atoms with Crippen molar-refractivity contribution in [3.63, 3.8) is 0 Å². The fraction of sp³-hybridized carbons (Fsp3) is 0.615. The van der Waals surface area contributed by atoms with Crippen molar-refractivity contribution in [1.82, 2.24) is 19.5 Å². The van der Waals surface area contributed by atoms with Crippen LogP contribution in [0, 0.1) is 0 Å². The lowest BCUT2D eigenvalue weighted by molar-refractivity contribution is 0.252. The van der Waals surface area contributed by atoms with Crippen LogP contribution in [-0.4, -0.2) is 38.3 Å². The van der Waals surface area contributed by atoms with Crippen LogP contribution in [-0.2, 0) is 0 Å². The summed E-state index contributed by atoms with van der Waals surface area (Å²) < 4.78 is 15.3. The molecule has 2 rings (SSSR count). The highest BCUT2D eigenvalue weighted by molar-refractivity contribution is 5.75. The largest absolute Gasteiger partial charge is 0.479 e. The fourth-order valence-corrected chi connectivity index (χ4v) is 2.08. The van der Waals surface area contributed by atoms with Gasteiger partial charge in [0.25, 0.3) is 0 Å². The maximum absolute atomic E-state index is 9.25. The quantitative estimate of drug-likeness (QED) is 0.828. The molecule has 0 aliphatic heterocycles. The van der Waals surface area contributed by atoms with Crippen molar-refractivity contribution in [3.8, 4) is 5.88 Å². The summed E-state index contributed by atoms with van der Waals surface area (Å²) in [5, 5.41) is 9.25. The number of nitrogens with zero attached hydrogens (tertiary/aromatic N) is 4. The Morgan fingerprint density at radius 1 is 1.47 bits per heavy atom. The van der Waals surface area contributed by atoms with E-state index in [0.29, 0.717) is 23.5 Å². The first kappa shape index (κ1) is 12.3. The highest BCUT2D eigenvalue weighted by atomic mass is 16.5. The Hall–Kier alpha value is -1.69. The molecule has 2 atom stereocenters. The predicted molar refractivity (Wildman–Crippen MR) is 72.1 cm³/mol. The zero-order valence-corrected chi connectivity index (χ0v) is 11.3. The van der Waals surface area contributed by atoms with Crippen molar-refractivity contribution < 1.29 is 11.2 Å². The van der Waals surface area contributed by atoms with Gasteiger partial charge < -0.3 is 14.4 Å². The van der Waals surface area contributed by atoms with Gasteiger partial charge in [-0.3, -0.25) is 0 Å². The van der Waals surface area contributed by atoms with Gasteiger partial charge in [-0.1, -0.05) is 19.8 Å². The second kappa shape index (κ2) is 6.47. The van der Waals surface area contributed by atoms with Crippen LogP contribution in [0.1, 0.15) is 40.0 Å². The van der Waals surface area contributed by atoms with Crippen molar-refractivity contribution in [2.45, 2.75) is 38.6 Å². The molecule has 2 aromatic heterocycles. The van der Waals surface area contributed by atoms with Gasteiger partial charge in [0.05, 0.1) is 13.4 Å². The summed E-state index contributed by atoms with van der Waals surface area (Å²) in [5.74, 6) is 0.425. The lowest BCUT2D eigenvalue weighted by atomic mass is 10.1. The molecule has 19 heavy (non-hydrogen) atoms. The minimum Gasteiger partial charge on any atom is -0.479 e. The summed E-state index contributed by atoms with van der Waals surface area (Å²) in [6.45, 7) is 2.08. The summed E-state index contributed by atoms with van der Waals surface area (Å²) in [7, 11) is 1.54. The van der Waals surface area contributed by atoms with E-state index in [1.165, 1.54) is 13.4 Å². The molecule has 0 aromatic carbocycles. The smallest absolute Gasteiger partial charge is 0.245 e. The molecule has 0 amide bonds. The summed E-state index contributed by atoms with van der Waals surface area (Å²) >= 11 is 0. The third-order valence-corrected chi connectivity index (χ3v) is 3.03. The molecule has 6 nitrogen and oxygen atoms in total. The Balaban J connectivity index is 2.43. The van der Waals surface area contributed by atoms with Gasteiger partial charge in [0.15, 0.2) is 11.2 Å². The Labute approximate surface area is 113 Å². The van der Waals surface area contributed by atoms with E-state index in [1.807, 2.05) is 4.57 Å². The van der Waals surface area contributed by atoms with Crippen LogP contribution in [0.5, 0.6) is 5.88 Å². The molecule has 2 unspecified atom stereocenters. The molecular formula is C13H20N4O2. The first-order valence-electron chi connectivity index (χ1n) is 7.05. The maximum Gasteiger partial charge on any atom is 0.245 e. The molecule has 1 N–H and O–H groups in total. The summed E-state index contributed by atoms with van der Waals surface area (Å²) in [5.41, 5.74) is 1.23. The molecule has 104 valence electrons. The summed E-state index contributed by atoms with van der Waals surface area (Å²) in [6, 6.07) is -0.149. The van der Waals surface area contributed by atoms with Crippen molar-refractivity contribution in [3.05, 3.63) is 12.7 Å². The van der Waals surface area contributed by atoms with E-state index in [1.54, 1.807) is 6.33 Å². The van der Waals surface area contributed by atoms with Crippen molar-refractivity contribution in [2.75, 3.05) is 13.7 Å². The number of ether oxygens (including phenoxy) is 1. The van der Waals surface area contributed by atoms with E-state index in [2.05, 4.69) is 21.9 Å². The minimum atomic E-state index is -0.300. The number of methoxy groups -OCH3 is 1. The maximum atomic E-state index is 9.25. The van der Waals surface area contributed by atoms with Crippen LogP contribution < -0.4 is 4.74 Å². The number of aliphatic hydroxyl groups excluding tert-OH is 1. The van der Waals surface area contributed by atoms with Gasteiger partial charge in [-0.05, 0) is 12.8 Å². The van der Waals surface area contributed by atoms with Gasteiger partial charge in [0.2, 0.25) is 5.88 Å². The third-order valence-electron chi connectivity index (χ3n) is 3.03. The van der Waals surface area contributed by atoms with Gasteiger partial charge in [0.1, 0.15) is 6.33 Å². The summed E-state index contributed by atoms with van der Waals surface area (Å²) in [6.07, 6.45) is 4.98. The monoisotopic (exact) mass is 265 g/mol. The van der Waals surface area contributed by atoms with Gasteiger partial charge >= 0.3 is 0 Å². The van der Waals surface area contributed by atoms with Gasteiger partial charge in [-0.15, -0.1) is 0 Å².